The lowest BCUT2D eigenvalue weighted by Gasteiger charge is -2.27. The maximum Gasteiger partial charge on any atom is 0.270 e. The lowest BCUT2D eigenvalue weighted by atomic mass is 10.0. The number of para-hydroxylation sites is 1. The summed E-state index contributed by atoms with van der Waals surface area (Å²) in [6.07, 6.45) is -0.145. The molecule has 6 N–H and O–H groups in total. The van der Waals surface area contributed by atoms with E-state index in [-0.39, 0.29) is 30.2 Å². The number of aromatic nitrogens is 2. The molecule has 4 rings (SSSR count). The van der Waals surface area contributed by atoms with Gasteiger partial charge in [-0.1, -0.05) is 54.6 Å². The van der Waals surface area contributed by atoms with Crippen LogP contribution in [0.1, 0.15) is 53.6 Å². The molecule has 12 nitrogen and oxygen atoms in total. The second-order valence-corrected chi connectivity index (χ2v) is 11.8. The van der Waals surface area contributed by atoms with Crippen molar-refractivity contribution in [3.8, 4) is 5.88 Å². The molecule has 2 heterocycles. The molecule has 46 heavy (non-hydrogen) atoms. The molecular formula is C34H38N6O6. The molecule has 0 saturated carbocycles. The van der Waals surface area contributed by atoms with Gasteiger partial charge in [-0.3, -0.25) is 19.2 Å². The monoisotopic (exact) mass is 626 g/mol. The number of nitrogens with two attached hydrogens (primary N) is 1. The van der Waals surface area contributed by atoms with E-state index in [1.165, 1.54) is 12.3 Å². The predicted octanol–water partition coefficient (Wildman–Crippen LogP) is 2.30. The molecule has 0 aliphatic heterocycles. The van der Waals surface area contributed by atoms with E-state index in [2.05, 4.69) is 25.9 Å². The summed E-state index contributed by atoms with van der Waals surface area (Å²) < 4.78 is 5.79. The van der Waals surface area contributed by atoms with Crippen LogP contribution in [0.5, 0.6) is 5.88 Å². The third-order valence-electron chi connectivity index (χ3n) is 6.84. The number of benzene rings is 2. The molecule has 4 amide bonds. The van der Waals surface area contributed by atoms with Crippen LogP contribution in [0, 0.1) is 0 Å². The fraction of sp³-hybridized carbons (Fsp3) is 0.294. The first-order chi connectivity index (χ1) is 21.9. The number of ether oxygens (including phenoxy) is 1. The maximum atomic E-state index is 13.5. The molecule has 0 fully saturated rings. The molecule has 0 spiro atoms. The van der Waals surface area contributed by atoms with Crippen molar-refractivity contribution in [2.24, 2.45) is 5.73 Å². The molecule has 12 heteroatoms. The molecule has 2 aromatic carbocycles. The third-order valence-corrected chi connectivity index (χ3v) is 6.84. The molecule has 4 aromatic rings. The average Bonchev–Trinajstić information content (AvgIpc) is 3.02. The Morgan fingerprint density at radius 2 is 1.61 bits per heavy atom. The normalized spacial score (nSPS) is 13.2. The van der Waals surface area contributed by atoms with Gasteiger partial charge < -0.3 is 31.5 Å². The fourth-order valence-corrected chi connectivity index (χ4v) is 4.64. The van der Waals surface area contributed by atoms with Gasteiger partial charge in [0.05, 0.1) is 18.0 Å². The zero-order valence-corrected chi connectivity index (χ0v) is 25.9. The number of nitrogens with zero attached hydrogens (tertiary/aromatic N) is 2. The number of primary amides is 1. The number of carbonyl (C=O) groups is 4. The van der Waals surface area contributed by atoms with Crippen molar-refractivity contribution in [2.75, 3.05) is 6.61 Å². The van der Waals surface area contributed by atoms with Crippen molar-refractivity contribution >= 4 is 34.5 Å². The summed E-state index contributed by atoms with van der Waals surface area (Å²) in [6, 6.07) is 20.5. The summed E-state index contributed by atoms with van der Waals surface area (Å²) in [5, 5.41) is 20.3. The molecular weight excluding hydrogens is 588 g/mol. The van der Waals surface area contributed by atoms with Crippen LogP contribution in [0.3, 0.4) is 0 Å². The van der Waals surface area contributed by atoms with Crippen molar-refractivity contribution in [3.05, 3.63) is 102 Å². The van der Waals surface area contributed by atoms with E-state index in [0.29, 0.717) is 5.52 Å². The van der Waals surface area contributed by atoms with Gasteiger partial charge >= 0.3 is 0 Å². The number of fused-ring (bicyclic) bond motifs is 1. The molecule has 0 aliphatic carbocycles. The Bertz CT molecular complexity index is 1690. The van der Waals surface area contributed by atoms with Gasteiger partial charge in [-0.2, -0.15) is 0 Å². The minimum atomic E-state index is -1.35. The van der Waals surface area contributed by atoms with E-state index < -0.39 is 53.8 Å². The highest BCUT2D eigenvalue weighted by atomic mass is 16.5. The molecule has 0 radical (unpaired) electrons. The standard InChI is InChI=1S/C34H38N6O6/c1-34(2,3)40-30(43)23-13-9-17-36-33(23)46-20-28(41)26(18-21-10-5-4-6-11-21)38-32(45)27(19-29(35)42)39-31(44)25-16-15-22-12-7-8-14-24(22)37-25/h4-17,26-28,41H,18-20H2,1-3H3,(H2,35,42)(H,38,45)(H,39,44)(H,40,43)/t26-,27-,28-/m0/s1. The Kier molecular flexibility index (Phi) is 11.0. The first-order valence-electron chi connectivity index (χ1n) is 14.8. The number of carbonyl (C=O) groups excluding carboxylic acids is 4. The van der Waals surface area contributed by atoms with E-state index in [0.717, 1.165) is 10.9 Å². The summed E-state index contributed by atoms with van der Waals surface area (Å²) in [7, 11) is 0. The second kappa shape index (κ2) is 15.1. The molecule has 2 aromatic heterocycles. The van der Waals surface area contributed by atoms with E-state index in [1.54, 1.807) is 30.3 Å². The maximum absolute atomic E-state index is 13.5. The largest absolute Gasteiger partial charge is 0.474 e. The Morgan fingerprint density at radius 1 is 0.891 bits per heavy atom. The summed E-state index contributed by atoms with van der Waals surface area (Å²) in [5.74, 6) is -2.62. The summed E-state index contributed by atoms with van der Waals surface area (Å²) in [5.41, 5.74) is 6.54. The Balaban J connectivity index is 1.51. The molecule has 240 valence electrons. The number of rotatable bonds is 13. The van der Waals surface area contributed by atoms with Gasteiger partial charge in [0.15, 0.2) is 0 Å². The molecule has 3 atom stereocenters. The number of amides is 4. The van der Waals surface area contributed by atoms with Gasteiger partial charge in [-0.25, -0.2) is 9.97 Å². The number of pyridine rings is 2. The topological polar surface area (TPSA) is 186 Å². The van der Waals surface area contributed by atoms with Gasteiger partial charge in [0.1, 0.15) is 30.0 Å². The van der Waals surface area contributed by atoms with Crippen LogP contribution in [-0.4, -0.2) is 69.0 Å². The highest BCUT2D eigenvalue weighted by Gasteiger charge is 2.30. The summed E-state index contributed by atoms with van der Waals surface area (Å²) in [6.45, 7) is 5.19. The van der Waals surface area contributed by atoms with Gasteiger partial charge in [-0.05, 0) is 57.0 Å². The van der Waals surface area contributed by atoms with Crippen LogP contribution >= 0.6 is 0 Å². The van der Waals surface area contributed by atoms with E-state index in [4.69, 9.17) is 10.5 Å². The van der Waals surface area contributed by atoms with Crippen molar-refractivity contribution in [3.63, 3.8) is 0 Å². The van der Waals surface area contributed by atoms with Crippen molar-refractivity contribution in [1.82, 2.24) is 25.9 Å². The quantitative estimate of drug-likeness (QED) is 0.150. The zero-order valence-electron chi connectivity index (χ0n) is 25.9. The van der Waals surface area contributed by atoms with Crippen LogP contribution in [0.15, 0.2) is 85.1 Å². The van der Waals surface area contributed by atoms with E-state index in [1.807, 2.05) is 63.2 Å². The molecule has 0 bridgehead atoms. The van der Waals surface area contributed by atoms with Gasteiger partial charge in [0.2, 0.25) is 17.7 Å². The minimum absolute atomic E-state index is 0.00911. The number of nitrogens with one attached hydrogen (secondary N) is 3. The smallest absolute Gasteiger partial charge is 0.270 e. The zero-order chi connectivity index (χ0) is 33.3. The number of aliphatic hydroxyl groups is 1. The lowest BCUT2D eigenvalue weighted by Crippen LogP contribution is -2.55. The Hall–Kier alpha value is -5.36. The fourth-order valence-electron chi connectivity index (χ4n) is 4.64. The first-order valence-corrected chi connectivity index (χ1v) is 14.8. The predicted molar refractivity (Wildman–Crippen MR) is 172 cm³/mol. The van der Waals surface area contributed by atoms with Crippen molar-refractivity contribution in [2.45, 2.75) is 57.3 Å². The van der Waals surface area contributed by atoms with Gasteiger partial charge in [0.25, 0.3) is 11.8 Å². The van der Waals surface area contributed by atoms with E-state index in [9.17, 15) is 24.3 Å². The van der Waals surface area contributed by atoms with Crippen LogP contribution in [0.2, 0.25) is 0 Å². The van der Waals surface area contributed by atoms with Gasteiger partial charge in [0, 0.05) is 17.1 Å². The van der Waals surface area contributed by atoms with Gasteiger partial charge in [-0.15, -0.1) is 0 Å². The van der Waals surface area contributed by atoms with Crippen LogP contribution < -0.4 is 26.4 Å². The SMILES string of the molecule is CC(C)(C)NC(=O)c1cccnc1OC[C@H](O)[C@H](Cc1ccccc1)NC(=O)[C@H](CC(N)=O)NC(=O)c1ccc2ccccc2n1. The van der Waals surface area contributed by atoms with Crippen molar-refractivity contribution in [1.29, 1.82) is 0 Å². The number of hydrogen-bond acceptors (Lipinski definition) is 8. The number of hydrogen-bond donors (Lipinski definition) is 5. The highest BCUT2D eigenvalue weighted by Crippen LogP contribution is 2.17. The van der Waals surface area contributed by atoms with Crippen molar-refractivity contribution < 1.29 is 29.0 Å². The average molecular weight is 627 g/mol. The minimum Gasteiger partial charge on any atom is -0.474 e. The Morgan fingerprint density at radius 3 is 2.33 bits per heavy atom. The van der Waals surface area contributed by atoms with E-state index >= 15 is 0 Å². The van der Waals surface area contributed by atoms with Crippen LogP contribution in [0.25, 0.3) is 10.9 Å². The summed E-state index contributed by atoms with van der Waals surface area (Å²) >= 11 is 0. The summed E-state index contributed by atoms with van der Waals surface area (Å²) in [4.78, 5) is 59.9. The molecule has 0 aliphatic rings. The van der Waals surface area contributed by atoms with Crippen LogP contribution in [-0.2, 0) is 16.0 Å². The van der Waals surface area contributed by atoms with Crippen LogP contribution in [0.4, 0.5) is 0 Å². The lowest BCUT2D eigenvalue weighted by molar-refractivity contribution is -0.128. The second-order valence-electron chi connectivity index (χ2n) is 11.8. The third kappa shape index (κ3) is 9.57. The Labute approximate surface area is 266 Å². The highest BCUT2D eigenvalue weighted by molar-refractivity contribution is 5.99. The first kappa shape index (κ1) is 33.5. The molecule has 0 unspecified atom stereocenters. The number of aliphatic hydroxyl groups excluding tert-OH is 1. The molecule has 0 saturated heterocycles.